The van der Waals surface area contributed by atoms with Crippen LogP contribution in [0.15, 0.2) is 30.6 Å². The number of carbonyl (C=O) groups is 1. The molecule has 23 heavy (non-hydrogen) atoms. The average molecular weight is 310 g/mol. The van der Waals surface area contributed by atoms with Gasteiger partial charge in [0.15, 0.2) is 5.78 Å². The number of hydrogen-bond acceptors (Lipinski definition) is 5. The van der Waals surface area contributed by atoms with Crippen molar-refractivity contribution < 1.29 is 9.78 Å². The first-order valence-corrected chi connectivity index (χ1v) is 8.17. The number of aryl methyl sites for hydroxylation is 1. The molecule has 1 aliphatic carbocycles. The van der Waals surface area contributed by atoms with Crippen LogP contribution in [0.25, 0.3) is 0 Å². The van der Waals surface area contributed by atoms with Gasteiger partial charge in [0.05, 0.1) is 30.5 Å². The molecule has 1 saturated heterocycles. The van der Waals surface area contributed by atoms with Gasteiger partial charge in [-0.15, -0.1) is 0 Å². The van der Waals surface area contributed by atoms with Crippen LogP contribution in [0.3, 0.4) is 0 Å². The second-order valence-corrected chi connectivity index (χ2v) is 6.03. The molecule has 0 aromatic carbocycles. The Bertz CT molecular complexity index is 710. The van der Waals surface area contributed by atoms with E-state index in [2.05, 4.69) is 30.8 Å². The zero-order valence-electron chi connectivity index (χ0n) is 13.0. The lowest BCUT2D eigenvalue weighted by Gasteiger charge is -2.31. The summed E-state index contributed by atoms with van der Waals surface area (Å²) in [5.41, 5.74) is 1.64. The Kier molecular flexibility index (Phi) is 3.65. The number of fused-ring (bicyclic) bond motifs is 1. The summed E-state index contributed by atoms with van der Waals surface area (Å²) in [6.45, 7) is 3.63. The highest BCUT2D eigenvalue weighted by molar-refractivity contribution is 5.97. The van der Waals surface area contributed by atoms with Crippen molar-refractivity contribution in [1.82, 2.24) is 9.97 Å². The van der Waals surface area contributed by atoms with Gasteiger partial charge in [0.2, 0.25) is 5.95 Å². The number of hydrogen-bond donors (Lipinski definition) is 0. The second kappa shape index (κ2) is 5.95. The molecule has 0 saturated carbocycles. The standard InChI is InChI=1S/C17H19N5O/c23-15-5-3-4-14-13(15)12-19-17(20-14)22-10-8-21(9-11-22)16-6-1-2-7-18-16/h1-2,6-7,12H,3-5,8-11H2/p+1. The first-order chi connectivity index (χ1) is 11.3. The van der Waals surface area contributed by atoms with Crippen molar-refractivity contribution in [1.29, 1.82) is 0 Å². The average Bonchev–Trinajstić information content (AvgIpc) is 2.63. The molecule has 0 atom stereocenters. The summed E-state index contributed by atoms with van der Waals surface area (Å²) in [6, 6.07) is 6.13. The fraction of sp³-hybridized carbons (Fsp3) is 0.412. The molecule has 0 spiro atoms. The van der Waals surface area contributed by atoms with E-state index in [9.17, 15) is 4.79 Å². The maximum atomic E-state index is 11.9. The van der Waals surface area contributed by atoms with Crippen LogP contribution in [-0.4, -0.2) is 41.9 Å². The van der Waals surface area contributed by atoms with Gasteiger partial charge < -0.3 is 4.90 Å². The highest BCUT2D eigenvalue weighted by atomic mass is 16.1. The van der Waals surface area contributed by atoms with Crippen LogP contribution in [-0.2, 0) is 6.42 Å². The van der Waals surface area contributed by atoms with Gasteiger partial charge in [0.25, 0.3) is 5.82 Å². The number of anilines is 2. The summed E-state index contributed by atoms with van der Waals surface area (Å²) in [5.74, 6) is 2.08. The van der Waals surface area contributed by atoms with Crippen molar-refractivity contribution in [3.05, 3.63) is 41.9 Å². The molecule has 6 nitrogen and oxygen atoms in total. The fourth-order valence-corrected chi connectivity index (χ4v) is 3.26. The first-order valence-electron chi connectivity index (χ1n) is 8.17. The van der Waals surface area contributed by atoms with Gasteiger partial charge in [-0.05, 0) is 18.9 Å². The number of piperazine rings is 1. The molecule has 6 heteroatoms. The van der Waals surface area contributed by atoms with Crippen molar-refractivity contribution in [2.24, 2.45) is 0 Å². The predicted molar refractivity (Wildman–Crippen MR) is 86.7 cm³/mol. The number of aromatic nitrogens is 3. The van der Waals surface area contributed by atoms with Crippen LogP contribution in [0.2, 0.25) is 0 Å². The Morgan fingerprint density at radius 2 is 1.87 bits per heavy atom. The molecule has 2 aliphatic rings. The largest absolute Gasteiger partial charge is 0.333 e. The molecule has 1 aliphatic heterocycles. The molecule has 3 heterocycles. The van der Waals surface area contributed by atoms with E-state index in [1.807, 2.05) is 18.3 Å². The van der Waals surface area contributed by atoms with Crippen LogP contribution in [0.1, 0.15) is 28.9 Å². The van der Waals surface area contributed by atoms with E-state index in [4.69, 9.17) is 0 Å². The number of pyridine rings is 1. The van der Waals surface area contributed by atoms with Crippen molar-refractivity contribution in [2.45, 2.75) is 19.3 Å². The Morgan fingerprint density at radius 3 is 2.65 bits per heavy atom. The van der Waals surface area contributed by atoms with Crippen LogP contribution in [0.5, 0.6) is 0 Å². The molecular formula is C17H20N5O+. The Balaban J connectivity index is 1.47. The third kappa shape index (κ3) is 2.76. The van der Waals surface area contributed by atoms with Crippen molar-refractivity contribution in [3.8, 4) is 0 Å². The van der Waals surface area contributed by atoms with Crippen LogP contribution < -0.4 is 14.8 Å². The minimum absolute atomic E-state index is 0.183. The molecule has 118 valence electrons. The maximum absolute atomic E-state index is 11.9. The summed E-state index contributed by atoms with van der Waals surface area (Å²) in [5, 5.41) is 0. The van der Waals surface area contributed by atoms with Gasteiger partial charge >= 0.3 is 0 Å². The van der Waals surface area contributed by atoms with E-state index >= 15 is 0 Å². The monoisotopic (exact) mass is 310 g/mol. The minimum Gasteiger partial charge on any atom is -0.333 e. The van der Waals surface area contributed by atoms with Crippen molar-refractivity contribution in [2.75, 3.05) is 36.0 Å². The van der Waals surface area contributed by atoms with Gasteiger partial charge in [0.1, 0.15) is 13.1 Å². The predicted octanol–water partition coefficient (Wildman–Crippen LogP) is 1.14. The summed E-state index contributed by atoms with van der Waals surface area (Å²) in [7, 11) is 0. The van der Waals surface area contributed by atoms with Gasteiger partial charge in [-0.1, -0.05) is 6.07 Å². The third-order valence-corrected chi connectivity index (χ3v) is 4.57. The lowest BCUT2D eigenvalue weighted by atomic mass is 9.96. The number of nitrogens with zero attached hydrogens (tertiary/aromatic N) is 4. The van der Waals surface area contributed by atoms with E-state index < -0.39 is 0 Å². The third-order valence-electron chi connectivity index (χ3n) is 4.57. The number of H-pyrrole nitrogens is 1. The molecule has 2 aromatic heterocycles. The van der Waals surface area contributed by atoms with Gasteiger partial charge in [-0.2, -0.15) is 0 Å². The molecule has 1 N–H and O–H groups in total. The van der Waals surface area contributed by atoms with Gasteiger partial charge in [0, 0.05) is 18.7 Å². The number of aromatic amines is 1. The molecular weight excluding hydrogens is 290 g/mol. The molecule has 4 rings (SSSR count). The van der Waals surface area contributed by atoms with Gasteiger partial charge in [-0.25, -0.2) is 15.0 Å². The Labute approximate surface area is 135 Å². The van der Waals surface area contributed by atoms with E-state index in [-0.39, 0.29) is 5.78 Å². The van der Waals surface area contributed by atoms with E-state index in [1.54, 1.807) is 6.20 Å². The summed E-state index contributed by atoms with van der Waals surface area (Å²) >= 11 is 0. The van der Waals surface area contributed by atoms with E-state index in [0.717, 1.165) is 62.0 Å². The molecule has 1 fully saturated rings. The molecule has 0 bridgehead atoms. The van der Waals surface area contributed by atoms with Gasteiger partial charge in [-0.3, -0.25) is 9.69 Å². The fourth-order valence-electron chi connectivity index (χ4n) is 3.26. The minimum atomic E-state index is 0.183. The van der Waals surface area contributed by atoms with Crippen molar-refractivity contribution in [3.63, 3.8) is 0 Å². The Morgan fingerprint density at radius 1 is 1.04 bits per heavy atom. The molecule has 2 aromatic rings. The lowest BCUT2D eigenvalue weighted by molar-refractivity contribution is -0.364. The summed E-state index contributed by atoms with van der Waals surface area (Å²) < 4.78 is 0. The SMILES string of the molecule is O=C1CCCc2nc(N3CCN(c4cccc[nH+]4)CC3)ncc21. The smallest absolute Gasteiger partial charge is 0.274 e. The summed E-state index contributed by atoms with van der Waals surface area (Å²) in [6.07, 6.45) is 6.08. The number of Topliss-reactive ketones (excluding diaryl/α,β-unsaturated/α-hetero) is 1. The topological polar surface area (TPSA) is 63.5 Å². The molecule has 0 radical (unpaired) electrons. The normalized spacial score (nSPS) is 18.0. The maximum Gasteiger partial charge on any atom is 0.274 e. The molecule has 0 amide bonds. The zero-order valence-corrected chi connectivity index (χ0v) is 13.0. The van der Waals surface area contributed by atoms with Crippen LogP contribution in [0, 0.1) is 0 Å². The van der Waals surface area contributed by atoms with E-state index in [1.165, 1.54) is 0 Å². The zero-order chi connectivity index (χ0) is 15.6. The highest BCUT2D eigenvalue weighted by Crippen LogP contribution is 2.22. The highest BCUT2D eigenvalue weighted by Gasteiger charge is 2.26. The number of carbonyl (C=O) groups excluding carboxylic acids is 1. The number of ketones is 1. The number of rotatable bonds is 2. The lowest BCUT2D eigenvalue weighted by Crippen LogP contribution is -2.48. The van der Waals surface area contributed by atoms with Crippen LogP contribution >= 0.6 is 0 Å². The molecule has 0 unspecified atom stereocenters. The summed E-state index contributed by atoms with van der Waals surface area (Å²) in [4.78, 5) is 28.8. The number of nitrogens with one attached hydrogen (secondary N) is 1. The van der Waals surface area contributed by atoms with Crippen LogP contribution in [0.4, 0.5) is 11.8 Å². The van der Waals surface area contributed by atoms with Crippen molar-refractivity contribution >= 4 is 17.5 Å². The van der Waals surface area contributed by atoms with E-state index in [0.29, 0.717) is 6.42 Å². The Hall–Kier alpha value is -2.50. The second-order valence-electron chi connectivity index (χ2n) is 6.03. The quantitative estimate of drug-likeness (QED) is 0.832. The first kappa shape index (κ1) is 14.1.